The number of aliphatic hydroxyl groups is 1. The van der Waals surface area contributed by atoms with Crippen LogP contribution in [0.5, 0.6) is 0 Å². The molecule has 0 aliphatic carbocycles. The summed E-state index contributed by atoms with van der Waals surface area (Å²) in [6, 6.07) is 7.17. The normalized spacial score (nSPS) is 14.3. The van der Waals surface area contributed by atoms with E-state index in [0.717, 1.165) is 17.5 Å². The number of para-hydroxylation sites is 2. The van der Waals surface area contributed by atoms with E-state index in [0.29, 0.717) is 5.92 Å². The Hall–Kier alpha value is -1.88. The minimum absolute atomic E-state index is 0.0404. The number of hydrogen-bond donors (Lipinski definition) is 2. The van der Waals surface area contributed by atoms with Gasteiger partial charge in [-0.3, -0.25) is 4.79 Å². The summed E-state index contributed by atoms with van der Waals surface area (Å²) in [5.74, 6) is 0.324. The zero-order chi connectivity index (χ0) is 15.4. The lowest BCUT2D eigenvalue weighted by atomic mass is 10.0. The van der Waals surface area contributed by atoms with E-state index >= 15 is 0 Å². The first-order valence-electron chi connectivity index (χ1n) is 7.35. The molecular weight excluding hydrogens is 266 g/mol. The number of aromatic nitrogens is 2. The van der Waals surface area contributed by atoms with Crippen molar-refractivity contribution in [1.29, 1.82) is 0 Å². The van der Waals surface area contributed by atoms with E-state index in [1.165, 1.54) is 0 Å². The Bertz CT molecular complexity index is 606. The summed E-state index contributed by atoms with van der Waals surface area (Å²) >= 11 is 0. The average molecular weight is 289 g/mol. The second-order valence-electron chi connectivity index (χ2n) is 5.83. The topological polar surface area (TPSA) is 67.2 Å². The number of nitrogens with one attached hydrogen (secondary N) is 1. The van der Waals surface area contributed by atoms with Crippen LogP contribution in [0, 0.1) is 5.92 Å². The zero-order valence-corrected chi connectivity index (χ0v) is 12.8. The number of aliphatic hydroxyl groups excluding tert-OH is 1. The van der Waals surface area contributed by atoms with E-state index in [4.69, 9.17) is 0 Å². The quantitative estimate of drug-likeness (QED) is 0.856. The van der Waals surface area contributed by atoms with Crippen molar-refractivity contribution in [2.45, 2.75) is 39.3 Å². The Kier molecular flexibility index (Phi) is 4.96. The maximum Gasteiger partial charge on any atom is 0.243 e. The molecule has 1 aromatic carbocycles. The monoisotopic (exact) mass is 289 g/mol. The molecule has 0 fully saturated rings. The minimum atomic E-state index is -0.362. The Morgan fingerprint density at radius 2 is 2.05 bits per heavy atom. The summed E-state index contributed by atoms with van der Waals surface area (Å²) in [7, 11) is 0. The fraction of sp³-hybridized carbons (Fsp3) is 0.500. The first-order valence-corrected chi connectivity index (χ1v) is 7.35. The molecule has 2 rings (SSSR count). The third kappa shape index (κ3) is 3.61. The van der Waals surface area contributed by atoms with Crippen LogP contribution in [0.2, 0.25) is 0 Å². The van der Waals surface area contributed by atoms with Crippen molar-refractivity contribution in [2.75, 3.05) is 6.61 Å². The van der Waals surface area contributed by atoms with Gasteiger partial charge in [-0.2, -0.15) is 0 Å². The number of carbonyl (C=O) groups excluding carboxylic acids is 1. The maximum atomic E-state index is 12.4. The molecular formula is C16H23N3O2. The number of carbonyl (C=O) groups is 1. The molecule has 5 heteroatoms. The van der Waals surface area contributed by atoms with Gasteiger partial charge in [-0.15, -0.1) is 0 Å². The van der Waals surface area contributed by atoms with Crippen LogP contribution in [0.25, 0.3) is 11.0 Å². The van der Waals surface area contributed by atoms with Crippen LogP contribution in [0.1, 0.15) is 33.2 Å². The lowest BCUT2D eigenvalue weighted by Crippen LogP contribution is -2.41. The lowest BCUT2D eigenvalue weighted by molar-refractivity contribution is -0.124. The number of hydrogen-bond acceptors (Lipinski definition) is 3. The van der Waals surface area contributed by atoms with Gasteiger partial charge in [0, 0.05) is 0 Å². The van der Waals surface area contributed by atoms with E-state index < -0.39 is 0 Å². The Morgan fingerprint density at radius 3 is 2.71 bits per heavy atom. The van der Waals surface area contributed by atoms with Gasteiger partial charge in [-0.25, -0.2) is 4.98 Å². The van der Waals surface area contributed by atoms with Gasteiger partial charge < -0.3 is 15.0 Å². The molecule has 1 amide bonds. The first-order chi connectivity index (χ1) is 10.0. The molecule has 1 heterocycles. The number of amides is 1. The smallest absolute Gasteiger partial charge is 0.243 e. The van der Waals surface area contributed by atoms with Crippen molar-refractivity contribution in [2.24, 2.45) is 5.92 Å². The van der Waals surface area contributed by atoms with Crippen molar-refractivity contribution in [3.63, 3.8) is 0 Å². The largest absolute Gasteiger partial charge is 0.394 e. The van der Waals surface area contributed by atoms with Gasteiger partial charge in [0.1, 0.15) is 6.04 Å². The molecule has 0 spiro atoms. The highest BCUT2D eigenvalue weighted by atomic mass is 16.3. The second kappa shape index (κ2) is 6.72. The van der Waals surface area contributed by atoms with Crippen LogP contribution < -0.4 is 5.32 Å². The number of rotatable bonds is 6. The summed E-state index contributed by atoms with van der Waals surface area (Å²) in [5, 5.41) is 12.3. The van der Waals surface area contributed by atoms with Crippen LogP contribution in [0.3, 0.4) is 0 Å². The zero-order valence-electron chi connectivity index (χ0n) is 12.8. The molecule has 0 aliphatic rings. The third-order valence-corrected chi connectivity index (χ3v) is 3.60. The van der Waals surface area contributed by atoms with E-state index in [9.17, 15) is 9.90 Å². The summed E-state index contributed by atoms with van der Waals surface area (Å²) < 4.78 is 1.86. The summed E-state index contributed by atoms with van der Waals surface area (Å²) in [6.07, 6.45) is 2.45. The van der Waals surface area contributed by atoms with Gasteiger partial charge >= 0.3 is 0 Å². The van der Waals surface area contributed by atoms with Gasteiger partial charge in [0.15, 0.2) is 0 Å². The number of fused-ring (bicyclic) bond motifs is 1. The van der Waals surface area contributed by atoms with E-state index in [2.05, 4.69) is 24.1 Å². The minimum Gasteiger partial charge on any atom is -0.394 e. The predicted octanol–water partition coefficient (Wildman–Crippen LogP) is 2.12. The fourth-order valence-electron chi connectivity index (χ4n) is 2.48. The molecule has 2 N–H and O–H groups in total. The summed E-state index contributed by atoms with van der Waals surface area (Å²) in [5.41, 5.74) is 1.81. The number of benzene rings is 1. The Morgan fingerprint density at radius 1 is 1.33 bits per heavy atom. The van der Waals surface area contributed by atoms with Crippen LogP contribution in [-0.4, -0.2) is 33.2 Å². The highest BCUT2D eigenvalue weighted by Gasteiger charge is 2.20. The summed E-state index contributed by atoms with van der Waals surface area (Å²) in [6.45, 7) is 5.94. The molecule has 5 nitrogen and oxygen atoms in total. The fourth-order valence-corrected chi connectivity index (χ4v) is 2.48. The van der Waals surface area contributed by atoms with Crippen molar-refractivity contribution in [3.8, 4) is 0 Å². The number of imidazole rings is 1. The first kappa shape index (κ1) is 15.5. The van der Waals surface area contributed by atoms with Gasteiger partial charge in [0.05, 0.1) is 30.0 Å². The predicted molar refractivity (Wildman–Crippen MR) is 82.9 cm³/mol. The Balaban J connectivity index is 2.12. The van der Waals surface area contributed by atoms with Crippen LogP contribution in [0.4, 0.5) is 0 Å². The van der Waals surface area contributed by atoms with Gasteiger partial charge in [0.25, 0.3) is 0 Å². The van der Waals surface area contributed by atoms with Gasteiger partial charge in [-0.05, 0) is 31.4 Å². The van der Waals surface area contributed by atoms with E-state index in [1.54, 1.807) is 6.33 Å². The van der Waals surface area contributed by atoms with Gasteiger partial charge in [-0.1, -0.05) is 26.0 Å². The number of nitrogens with zero attached hydrogens (tertiary/aromatic N) is 2. The molecule has 1 aromatic heterocycles. The molecule has 0 saturated carbocycles. The molecule has 114 valence electrons. The molecule has 2 aromatic rings. The maximum absolute atomic E-state index is 12.4. The highest BCUT2D eigenvalue weighted by Crippen LogP contribution is 2.17. The highest BCUT2D eigenvalue weighted by molar-refractivity contribution is 5.83. The lowest BCUT2D eigenvalue weighted by Gasteiger charge is -2.21. The second-order valence-corrected chi connectivity index (χ2v) is 5.83. The van der Waals surface area contributed by atoms with Crippen LogP contribution in [-0.2, 0) is 4.79 Å². The molecule has 21 heavy (non-hydrogen) atoms. The third-order valence-electron chi connectivity index (χ3n) is 3.60. The molecule has 0 aliphatic heterocycles. The van der Waals surface area contributed by atoms with Crippen LogP contribution in [0.15, 0.2) is 30.6 Å². The Labute approximate surface area is 125 Å². The van der Waals surface area contributed by atoms with Crippen LogP contribution >= 0.6 is 0 Å². The molecule has 0 radical (unpaired) electrons. The molecule has 2 atom stereocenters. The van der Waals surface area contributed by atoms with E-state index in [1.807, 2.05) is 35.8 Å². The summed E-state index contributed by atoms with van der Waals surface area (Å²) in [4.78, 5) is 16.7. The standard InChI is InChI=1S/C16H23N3O2/c1-11(2)8-13(9-20)18-16(21)12(3)19-10-17-14-6-4-5-7-15(14)19/h4-7,10-13,20H,8-9H2,1-3H3,(H,18,21). The molecule has 0 bridgehead atoms. The molecule has 2 unspecified atom stereocenters. The average Bonchev–Trinajstić information content (AvgIpc) is 2.89. The molecule has 0 saturated heterocycles. The van der Waals surface area contributed by atoms with Crippen molar-refractivity contribution < 1.29 is 9.90 Å². The van der Waals surface area contributed by atoms with E-state index in [-0.39, 0.29) is 24.6 Å². The van der Waals surface area contributed by atoms with Gasteiger partial charge in [0.2, 0.25) is 5.91 Å². The van der Waals surface area contributed by atoms with Crippen molar-refractivity contribution >= 4 is 16.9 Å². The van der Waals surface area contributed by atoms with Crippen molar-refractivity contribution in [3.05, 3.63) is 30.6 Å². The van der Waals surface area contributed by atoms with Crippen molar-refractivity contribution in [1.82, 2.24) is 14.9 Å². The SMILES string of the molecule is CC(C)CC(CO)NC(=O)C(C)n1cnc2ccccc21.